The van der Waals surface area contributed by atoms with E-state index in [4.69, 9.17) is 9.47 Å². The molecule has 0 heterocycles. The number of benzene rings is 2. The van der Waals surface area contributed by atoms with Crippen LogP contribution in [0.25, 0.3) is 0 Å². The fourth-order valence-electron chi connectivity index (χ4n) is 2.34. The second-order valence-electron chi connectivity index (χ2n) is 4.44. The van der Waals surface area contributed by atoms with Crippen molar-refractivity contribution in [2.75, 3.05) is 21.3 Å². The lowest BCUT2D eigenvalue weighted by Crippen LogP contribution is -2.21. The quantitative estimate of drug-likeness (QED) is 0.917. The second-order valence-corrected chi connectivity index (χ2v) is 4.44. The zero-order valence-electron chi connectivity index (χ0n) is 12.1. The van der Waals surface area contributed by atoms with Gasteiger partial charge in [0.25, 0.3) is 0 Å². The van der Waals surface area contributed by atoms with Gasteiger partial charge in [0.15, 0.2) is 11.6 Å². The molecule has 3 nitrogen and oxygen atoms in total. The molecule has 0 aliphatic heterocycles. The Labute approximate surface area is 122 Å². The van der Waals surface area contributed by atoms with Crippen LogP contribution in [0.1, 0.15) is 17.2 Å². The average molecular weight is 293 g/mol. The van der Waals surface area contributed by atoms with Crippen LogP contribution in [0.15, 0.2) is 36.4 Å². The highest BCUT2D eigenvalue weighted by Gasteiger charge is 2.24. The highest BCUT2D eigenvalue weighted by Crippen LogP contribution is 2.35. The monoisotopic (exact) mass is 293 g/mol. The Balaban J connectivity index is 2.61. The van der Waals surface area contributed by atoms with Crippen molar-refractivity contribution in [3.8, 4) is 11.5 Å². The highest BCUT2D eigenvalue weighted by molar-refractivity contribution is 5.45. The first-order valence-electron chi connectivity index (χ1n) is 6.46. The van der Waals surface area contributed by atoms with Gasteiger partial charge in [-0.15, -0.1) is 0 Å². The van der Waals surface area contributed by atoms with Crippen LogP contribution in [0.4, 0.5) is 8.78 Å². The van der Waals surface area contributed by atoms with Gasteiger partial charge in [-0.2, -0.15) is 0 Å². The number of hydrogen-bond acceptors (Lipinski definition) is 3. The van der Waals surface area contributed by atoms with Crippen LogP contribution in [0, 0.1) is 11.6 Å². The molecule has 0 aromatic heterocycles. The molecule has 5 heteroatoms. The molecule has 0 radical (unpaired) electrons. The van der Waals surface area contributed by atoms with E-state index in [1.807, 2.05) is 0 Å². The van der Waals surface area contributed by atoms with E-state index in [0.29, 0.717) is 11.3 Å². The lowest BCUT2D eigenvalue weighted by molar-refractivity contribution is 0.379. The van der Waals surface area contributed by atoms with Gasteiger partial charge < -0.3 is 14.8 Å². The Morgan fingerprint density at radius 1 is 0.952 bits per heavy atom. The predicted molar refractivity (Wildman–Crippen MR) is 76.8 cm³/mol. The molecule has 1 atom stereocenters. The molecule has 0 bridgehead atoms. The van der Waals surface area contributed by atoms with Crippen LogP contribution in [-0.4, -0.2) is 21.3 Å². The molecule has 0 aliphatic carbocycles. The van der Waals surface area contributed by atoms with Crippen LogP contribution >= 0.6 is 0 Å². The summed E-state index contributed by atoms with van der Waals surface area (Å²) in [7, 11) is 4.47. The third kappa shape index (κ3) is 2.83. The van der Waals surface area contributed by atoms with Crippen molar-refractivity contribution in [2.24, 2.45) is 0 Å². The smallest absolute Gasteiger partial charge is 0.170 e. The predicted octanol–water partition coefficient (Wildman–Crippen LogP) is 3.29. The van der Waals surface area contributed by atoms with Gasteiger partial charge in [0.1, 0.15) is 11.6 Å². The summed E-state index contributed by atoms with van der Waals surface area (Å²) in [5.74, 6) is -0.514. The molecule has 0 spiro atoms. The van der Waals surface area contributed by atoms with Gasteiger partial charge in [0, 0.05) is 5.56 Å². The van der Waals surface area contributed by atoms with Crippen molar-refractivity contribution in [1.29, 1.82) is 0 Å². The van der Waals surface area contributed by atoms with Gasteiger partial charge in [-0.1, -0.05) is 18.2 Å². The minimum Gasteiger partial charge on any atom is -0.496 e. The maximum absolute atomic E-state index is 14.4. The fourth-order valence-corrected chi connectivity index (χ4v) is 2.34. The molecule has 1 N–H and O–H groups in total. The second kappa shape index (κ2) is 6.54. The van der Waals surface area contributed by atoms with E-state index in [1.54, 1.807) is 31.3 Å². The van der Waals surface area contributed by atoms with E-state index >= 15 is 0 Å². The third-order valence-electron chi connectivity index (χ3n) is 3.33. The topological polar surface area (TPSA) is 30.5 Å². The maximum Gasteiger partial charge on any atom is 0.170 e. The van der Waals surface area contributed by atoms with Crippen molar-refractivity contribution >= 4 is 0 Å². The van der Waals surface area contributed by atoms with Crippen LogP contribution in [0.5, 0.6) is 11.5 Å². The summed E-state index contributed by atoms with van der Waals surface area (Å²) in [5, 5.41) is 2.93. The van der Waals surface area contributed by atoms with E-state index in [0.717, 1.165) is 0 Å². The molecule has 2 rings (SSSR count). The maximum atomic E-state index is 14.4. The molecule has 2 aromatic carbocycles. The van der Waals surface area contributed by atoms with Gasteiger partial charge in [-0.25, -0.2) is 8.78 Å². The first-order chi connectivity index (χ1) is 10.1. The van der Waals surface area contributed by atoms with Crippen molar-refractivity contribution in [2.45, 2.75) is 6.04 Å². The summed E-state index contributed by atoms with van der Waals surface area (Å²) in [5.41, 5.74) is 0.551. The number of nitrogens with one attached hydrogen (secondary N) is 1. The largest absolute Gasteiger partial charge is 0.496 e. The van der Waals surface area contributed by atoms with Crippen LogP contribution in [-0.2, 0) is 0 Å². The first kappa shape index (κ1) is 15.3. The van der Waals surface area contributed by atoms with E-state index in [9.17, 15) is 8.78 Å². The molecular formula is C16H17F2NO2. The Kier molecular flexibility index (Phi) is 4.75. The Bertz CT molecular complexity index is 632. The molecule has 0 aliphatic rings. The number of rotatable bonds is 5. The van der Waals surface area contributed by atoms with Crippen LogP contribution in [0.3, 0.4) is 0 Å². The Hall–Kier alpha value is -2.14. The molecule has 0 fully saturated rings. The SMILES string of the molecule is CNC(c1cccc(OC)c1F)c1c(F)cccc1OC. The van der Waals surface area contributed by atoms with Crippen LogP contribution in [0.2, 0.25) is 0 Å². The van der Waals surface area contributed by atoms with E-state index in [1.165, 1.54) is 26.4 Å². The lowest BCUT2D eigenvalue weighted by atomic mass is 9.96. The summed E-state index contributed by atoms with van der Waals surface area (Å²) in [4.78, 5) is 0. The van der Waals surface area contributed by atoms with Crippen LogP contribution < -0.4 is 14.8 Å². The van der Waals surface area contributed by atoms with Crippen molar-refractivity contribution in [1.82, 2.24) is 5.32 Å². The minimum absolute atomic E-state index is 0.114. The number of hydrogen-bond donors (Lipinski definition) is 1. The van der Waals surface area contributed by atoms with Crippen molar-refractivity contribution in [3.63, 3.8) is 0 Å². The van der Waals surface area contributed by atoms with E-state index in [-0.39, 0.29) is 11.3 Å². The molecule has 112 valence electrons. The highest BCUT2D eigenvalue weighted by atomic mass is 19.1. The Morgan fingerprint density at radius 2 is 1.57 bits per heavy atom. The summed E-state index contributed by atoms with van der Waals surface area (Å²) in [6.07, 6.45) is 0. The minimum atomic E-state index is -0.684. The molecule has 0 saturated carbocycles. The standard InChI is InChI=1S/C16H17F2NO2/c1-19-16(10-6-4-9-13(21-3)15(10)18)14-11(17)7-5-8-12(14)20-2/h4-9,16,19H,1-3H3. The van der Waals surface area contributed by atoms with E-state index in [2.05, 4.69) is 5.32 Å². The number of methoxy groups -OCH3 is 2. The summed E-state index contributed by atoms with van der Waals surface area (Å²) in [6.45, 7) is 0. The van der Waals surface area contributed by atoms with Gasteiger partial charge in [0.05, 0.1) is 25.8 Å². The Morgan fingerprint density at radius 3 is 2.19 bits per heavy atom. The third-order valence-corrected chi connectivity index (χ3v) is 3.33. The molecular weight excluding hydrogens is 276 g/mol. The lowest BCUT2D eigenvalue weighted by Gasteiger charge is -2.21. The summed E-state index contributed by atoms with van der Waals surface area (Å²) >= 11 is 0. The molecule has 0 saturated heterocycles. The zero-order chi connectivity index (χ0) is 15.4. The van der Waals surface area contributed by atoms with E-state index < -0.39 is 17.7 Å². The first-order valence-corrected chi connectivity index (χ1v) is 6.46. The molecule has 1 unspecified atom stereocenters. The number of ether oxygens (including phenoxy) is 2. The zero-order valence-corrected chi connectivity index (χ0v) is 12.1. The van der Waals surface area contributed by atoms with Crippen molar-refractivity contribution in [3.05, 3.63) is 59.2 Å². The summed E-state index contributed by atoms with van der Waals surface area (Å²) in [6, 6.07) is 8.59. The van der Waals surface area contributed by atoms with Gasteiger partial charge >= 0.3 is 0 Å². The number of halogens is 2. The molecule has 2 aromatic rings. The average Bonchev–Trinajstić information content (AvgIpc) is 2.50. The summed E-state index contributed by atoms with van der Waals surface area (Å²) < 4.78 is 38.8. The fraction of sp³-hybridized carbons (Fsp3) is 0.250. The molecule has 0 amide bonds. The normalized spacial score (nSPS) is 12.0. The van der Waals surface area contributed by atoms with Gasteiger partial charge in [-0.05, 0) is 25.2 Å². The molecule has 21 heavy (non-hydrogen) atoms. The van der Waals surface area contributed by atoms with Gasteiger partial charge in [0.2, 0.25) is 0 Å². The van der Waals surface area contributed by atoms with Gasteiger partial charge in [-0.3, -0.25) is 0 Å². The van der Waals surface area contributed by atoms with Crippen molar-refractivity contribution < 1.29 is 18.3 Å².